The van der Waals surface area contributed by atoms with Gasteiger partial charge in [0.05, 0.1) is 0 Å². The average Bonchev–Trinajstić information content (AvgIpc) is 3.22. The molecule has 1 saturated carbocycles. The minimum absolute atomic E-state index is 0.508. The Morgan fingerprint density at radius 3 is 2.60 bits per heavy atom. The van der Waals surface area contributed by atoms with E-state index >= 15 is 0 Å². The van der Waals surface area contributed by atoms with Gasteiger partial charge in [0.1, 0.15) is 23.3 Å². The zero-order valence-electron chi connectivity index (χ0n) is 10.9. The van der Waals surface area contributed by atoms with Gasteiger partial charge in [0.25, 0.3) is 0 Å². The van der Waals surface area contributed by atoms with Crippen molar-refractivity contribution in [3.8, 4) is 0 Å². The SMILES string of the molecule is Fc1cc(F)cc(CCNc2ccnc(C3CC3)n2)c1. The Labute approximate surface area is 116 Å². The van der Waals surface area contributed by atoms with Gasteiger partial charge in [0, 0.05) is 24.7 Å². The maximum absolute atomic E-state index is 13.0. The zero-order valence-corrected chi connectivity index (χ0v) is 10.9. The fourth-order valence-corrected chi connectivity index (χ4v) is 2.10. The summed E-state index contributed by atoms with van der Waals surface area (Å²) in [5, 5.41) is 3.16. The molecule has 0 spiro atoms. The highest BCUT2D eigenvalue weighted by atomic mass is 19.1. The maximum atomic E-state index is 13.0. The normalized spacial score (nSPS) is 14.3. The topological polar surface area (TPSA) is 37.8 Å². The van der Waals surface area contributed by atoms with Crippen LogP contribution < -0.4 is 5.32 Å². The van der Waals surface area contributed by atoms with Gasteiger partial charge in [-0.3, -0.25) is 0 Å². The lowest BCUT2D eigenvalue weighted by Gasteiger charge is -2.07. The number of hydrogen-bond acceptors (Lipinski definition) is 3. The third-order valence-electron chi connectivity index (χ3n) is 3.26. The highest BCUT2D eigenvalue weighted by Gasteiger charge is 2.26. The Kier molecular flexibility index (Phi) is 3.58. The van der Waals surface area contributed by atoms with Gasteiger partial charge in [-0.1, -0.05) is 0 Å². The second-order valence-corrected chi connectivity index (χ2v) is 5.03. The van der Waals surface area contributed by atoms with Gasteiger partial charge < -0.3 is 5.32 Å². The molecule has 1 heterocycles. The Morgan fingerprint density at radius 1 is 1.15 bits per heavy atom. The van der Waals surface area contributed by atoms with Crippen LogP contribution in [-0.2, 0) is 6.42 Å². The van der Waals surface area contributed by atoms with E-state index in [9.17, 15) is 8.78 Å². The van der Waals surface area contributed by atoms with Gasteiger partial charge in [-0.2, -0.15) is 0 Å². The van der Waals surface area contributed by atoms with Crippen LogP contribution in [0.25, 0.3) is 0 Å². The van der Waals surface area contributed by atoms with Crippen molar-refractivity contribution in [3.63, 3.8) is 0 Å². The lowest BCUT2D eigenvalue weighted by molar-refractivity contribution is 0.580. The molecule has 104 valence electrons. The third-order valence-corrected chi connectivity index (χ3v) is 3.26. The molecule has 0 unspecified atom stereocenters. The van der Waals surface area contributed by atoms with Crippen LogP contribution in [0, 0.1) is 11.6 Å². The molecule has 1 aliphatic rings. The van der Waals surface area contributed by atoms with E-state index in [2.05, 4.69) is 15.3 Å². The predicted molar refractivity (Wildman–Crippen MR) is 72.6 cm³/mol. The summed E-state index contributed by atoms with van der Waals surface area (Å²) < 4.78 is 26.1. The quantitative estimate of drug-likeness (QED) is 0.910. The number of aromatic nitrogens is 2. The van der Waals surface area contributed by atoms with Crippen LogP contribution in [0.15, 0.2) is 30.5 Å². The van der Waals surface area contributed by atoms with E-state index in [0.29, 0.717) is 24.4 Å². The van der Waals surface area contributed by atoms with Crippen molar-refractivity contribution in [1.82, 2.24) is 9.97 Å². The molecule has 2 aromatic rings. The van der Waals surface area contributed by atoms with Crippen molar-refractivity contribution in [2.45, 2.75) is 25.2 Å². The zero-order chi connectivity index (χ0) is 13.9. The lowest BCUT2D eigenvalue weighted by atomic mass is 10.1. The summed E-state index contributed by atoms with van der Waals surface area (Å²) in [6, 6.07) is 5.38. The van der Waals surface area contributed by atoms with E-state index in [1.54, 1.807) is 12.3 Å². The molecular formula is C15H15F2N3. The Bertz CT molecular complexity index is 592. The molecule has 1 fully saturated rings. The van der Waals surface area contributed by atoms with Crippen molar-refractivity contribution in [3.05, 3.63) is 53.5 Å². The minimum atomic E-state index is -0.543. The molecule has 1 aliphatic carbocycles. The first-order valence-corrected chi connectivity index (χ1v) is 6.72. The largest absolute Gasteiger partial charge is 0.370 e. The fourth-order valence-electron chi connectivity index (χ4n) is 2.10. The van der Waals surface area contributed by atoms with E-state index in [0.717, 1.165) is 30.6 Å². The first-order valence-electron chi connectivity index (χ1n) is 6.72. The van der Waals surface area contributed by atoms with Crippen LogP contribution in [0.5, 0.6) is 0 Å². The minimum Gasteiger partial charge on any atom is -0.370 e. The lowest BCUT2D eigenvalue weighted by Crippen LogP contribution is -2.08. The summed E-state index contributed by atoms with van der Waals surface area (Å²) in [4.78, 5) is 8.67. The summed E-state index contributed by atoms with van der Waals surface area (Å²) in [6.45, 7) is 0.573. The van der Waals surface area contributed by atoms with Crippen LogP contribution in [-0.4, -0.2) is 16.5 Å². The monoisotopic (exact) mass is 275 g/mol. The molecule has 1 aromatic heterocycles. The van der Waals surface area contributed by atoms with Crippen molar-refractivity contribution in [2.24, 2.45) is 0 Å². The number of nitrogens with zero attached hydrogens (tertiary/aromatic N) is 2. The molecule has 3 rings (SSSR count). The summed E-state index contributed by atoms with van der Waals surface area (Å²) in [6.07, 6.45) is 4.60. The fraction of sp³-hybridized carbons (Fsp3) is 0.333. The number of hydrogen-bond donors (Lipinski definition) is 1. The second-order valence-electron chi connectivity index (χ2n) is 5.03. The summed E-state index contributed by atoms with van der Waals surface area (Å²) in [7, 11) is 0. The Morgan fingerprint density at radius 2 is 1.90 bits per heavy atom. The summed E-state index contributed by atoms with van der Waals surface area (Å²) >= 11 is 0. The van der Waals surface area contributed by atoms with Crippen LogP contribution in [0.4, 0.5) is 14.6 Å². The van der Waals surface area contributed by atoms with E-state index in [4.69, 9.17) is 0 Å². The molecule has 20 heavy (non-hydrogen) atoms. The molecule has 1 aromatic carbocycles. The highest BCUT2D eigenvalue weighted by Crippen LogP contribution is 2.37. The van der Waals surface area contributed by atoms with Crippen molar-refractivity contribution in [1.29, 1.82) is 0 Å². The molecule has 5 heteroatoms. The van der Waals surface area contributed by atoms with E-state index < -0.39 is 11.6 Å². The number of benzene rings is 1. The molecule has 0 bridgehead atoms. The van der Waals surface area contributed by atoms with Crippen LogP contribution >= 0.6 is 0 Å². The van der Waals surface area contributed by atoms with E-state index in [1.807, 2.05) is 0 Å². The molecule has 0 aliphatic heterocycles. The Hall–Kier alpha value is -2.04. The number of anilines is 1. The molecular weight excluding hydrogens is 260 g/mol. The molecule has 0 atom stereocenters. The highest BCUT2D eigenvalue weighted by molar-refractivity contribution is 5.34. The standard InChI is InChI=1S/C15H15F2N3/c16-12-7-10(8-13(17)9-12)3-5-18-14-4-6-19-15(20-14)11-1-2-11/h4,6-9,11H,1-3,5H2,(H,18,19,20). The van der Waals surface area contributed by atoms with E-state index in [-0.39, 0.29) is 0 Å². The van der Waals surface area contributed by atoms with Gasteiger partial charge in [-0.15, -0.1) is 0 Å². The first-order chi connectivity index (χ1) is 9.70. The van der Waals surface area contributed by atoms with Gasteiger partial charge in [-0.25, -0.2) is 18.7 Å². The molecule has 1 N–H and O–H groups in total. The third kappa shape index (κ3) is 3.29. The van der Waals surface area contributed by atoms with Gasteiger partial charge >= 0.3 is 0 Å². The summed E-state index contributed by atoms with van der Waals surface area (Å²) in [5.74, 6) is 1.07. The van der Waals surface area contributed by atoms with E-state index in [1.165, 1.54) is 12.1 Å². The van der Waals surface area contributed by atoms with Gasteiger partial charge in [-0.05, 0) is 43.0 Å². The van der Waals surface area contributed by atoms with Gasteiger partial charge in [0.15, 0.2) is 0 Å². The van der Waals surface area contributed by atoms with Crippen LogP contribution in [0.3, 0.4) is 0 Å². The maximum Gasteiger partial charge on any atom is 0.133 e. The molecule has 0 radical (unpaired) electrons. The average molecular weight is 275 g/mol. The van der Waals surface area contributed by atoms with Crippen molar-refractivity contribution in [2.75, 3.05) is 11.9 Å². The summed E-state index contributed by atoms with van der Waals surface area (Å²) in [5.41, 5.74) is 0.631. The smallest absolute Gasteiger partial charge is 0.133 e. The Balaban J connectivity index is 1.58. The van der Waals surface area contributed by atoms with Crippen molar-refractivity contribution >= 4 is 5.82 Å². The number of halogens is 2. The van der Waals surface area contributed by atoms with Crippen LogP contribution in [0.2, 0.25) is 0 Å². The van der Waals surface area contributed by atoms with Crippen LogP contribution in [0.1, 0.15) is 30.1 Å². The predicted octanol–water partition coefficient (Wildman–Crippen LogP) is 3.29. The first kappa shape index (κ1) is 13.0. The van der Waals surface area contributed by atoms with Gasteiger partial charge in [0.2, 0.25) is 0 Å². The molecule has 0 saturated heterocycles. The van der Waals surface area contributed by atoms with Crippen molar-refractivity contribution < 1.29 is 8.78 Å². The second kappa shape index (κ2) is 5.53. The molecule has 3 nitrogen and oxygen atoms in total. The molecule has 0 amide bonds. The number of nitrogens with one attached hydrogen (secondary N) is 1. The number of rotatable bonds is 5.